The summed E-state index contributed by atoms with van der Waals surface area (Å²) in [6, 6.07) is 19.0. The van der Waals surface area contributed by atoms with Crippen LogP contribution in [0, 0.1) is 0 Å². The van der Waals surface area contributed by atoms with Gasteiger partial charge in [0.25, 0.3) is 5.91 Å². The van der Waals surface area contributed by atoms with Gasteiger partial charge in [0, 0.05) is 13.8 Å². The predicted octanol–water partition coefficient (Wildman–Crippen LogP) is 3.34. The fourth-order valence-electron chi connectivity index (χ4n) is 2.54. The molecule has 6 heteroatoms. The van der Waals surface area contributed by atoms with Gasteiger partial charge in [-0.05, 0) is 11.1 Å². The molecule has 1 amide bonds. The Morgan fingerprint density at radius 3 is 2.15 bits per heavy atom. The topological polar surface area (TPSA) is 65.1 Å². The predicted molar refractivity (Wildman–Crippen MR) is 97.6 cm³/mol. The second-order valence-corrected chi connectivity index (χ2v) is 6.52. The first-order valence-electron chi connectivity index (χ1n) is 8.59. The number of hydrogen-bond acceptors (Lipinski definition) is 5. The third-order valence-corrected chi connectivity index (χ3v) is 3.79. The van der Waals surface area contributed by atoms with E-state index in [4.69, 9.17) is 14.3 Å². The van der Waals surface area contributed by atoms with Crippen LogP contribution in [0.25, 0.3) is 0 Å². The third-order valence-electron chi connectivity index (χ3n) is 3.79. The largest absolute Gasteiger partial charge is 0.445 e. The number of cyclic esters (lactones) is 1. The molecule has 0 saturated carbocycles. The Hall–Kier alpha value is -3.12. The van der Waals surface area contributed by atoms with Crippen LogP contribution in [0.1, 0.15) is 25.0 Å². The fraction of sp³-hybridized carbons (Fsp3) is 0.238. The minimum absolute atomic E-state index is 0.133. The van der Waals surface area contributed by atoms with Gasteiger partial charge in [0.1, 0.15) is 6.61 Å². The van der Waals surface area contributed by atoms with Crippen LogP contribution in [0.3, 0.4) is 0 Å². The van der Waals surface area contributed by atoms with E-state index in [1.165, 1.54) is 5.06 Å². The highest BCUT2D eigenvalue weighted by molar-refractivity contribution is 5.97. The number of hydrogen-bond donors (Lipinski definition) is 0. The van der Waals surface area contributed by atoms with Crippen molar-refractivity contribution in [3.05, 3.63) is 83.6 Å². The molecule has 1 saturated heterocycles. The second kappa shape index (κ2) is 8.05. The highest BCUT2D eigenvalue weighted by Gasteiger charge is 2.38. The molecule has 6 nitrogen and oxygen atoms in total. The number of carbonyl (C=O) groups is 2. The van der Waals surface area contributed by atoms with Gasteiger partial charge in [0.2, 0.25) is 11.5 Å². The Labute approximate surface area is 157 Å². The van der Waals surface area contributed by atoms with Crippen LogP contribution in [-0.2, 0) is 37.1 Å². The van der Waals surface area contributed by atoms with Gasteiger partial charge in [-0.2, -0.15) is 0 Å². The molecular formula is C21H21NO5. The lowest BCUT2D eigenvalue weighted by atomic mass is 10.2. The van der Waals surface area contributed by atoms with E-state index in [1.54, 1.807) is 13.8 Å². The maximum atomic E-state index is 12.7. The second-order valence-electron chi connectivity index (χ2n) is 6.52. The Bertz CT molecular complexity index is 830. The summed E-state index contributed by atoms with van der Waals surface area (Å²) in [6.07, 6.45) is 1.10. The molecule has 2 aromatic carbocycles. The summed E-state index contributed by atoms with van der Waals surface area (Å²) >= 11 is 0. The van der Waals surface area contributed by atoms with Crippen molar-refractivity contribution in [2.24, 2.45) is 0 Å². The van der Waals surface area contributed by atoms with Crippen molar-refractivity contribution in [3.8, 4) is 0 Å². The van der Waals surface area contributed by atoms with Gasteiger partial charge in [-0.1, -0.05) is 60.7 Å². The van der Waals surface area contributed by atoms with Crippen LogP contribution in [0.5, 0.6) is 0 Å². The maximum Gasteiger partial charge on any atom is 0.377 e. The molecule has 0 unspecified atom stereocenters. The average Bonchev–Trinajstić information content (AvgIpc) is 2.91. The zero-order valence-corrected chi connectivity index (χ0v) is 15.3. The van der Waals surface area contributed by atoms with E-state index in [1.807, 2.05) is 60.7 Å². The van der Waals surface area contributed by atoms with Crippen LogP contribution >= 0.6 is 0 Å². The van der Waals surface area contributed by atoms with Crippen molar-refractivity contribution < 1.29 is 23.9 Å². The molecule has 2 aromatic rings. The Morgan fingerprint density at radius 1 is 1.00 bits per heavy atom. The van der Waals surface area contributed by atoms with Crippen LogP contribution in [0.2, 0.25) is 0 Å². The van der Waals surface area contributed by atoms with E-state index in [0.29, 0.717) is 0 Å². The Morgan fingerprint density at radius 2 is 1.59 bits per heavy atom. The molecule has 0 aliphatic carbocycles. The third kappa shape index (κ3) is 5.18. The lowest BCUT2D eigenvalue weighted by molar-refractivity contribution is -0.190. The molecule has 0 N–H and O–H groups in total. The normalized spacial score (nSPS) is 16.7. The van der Waals surface area contributed by atoms with E-state index in [-0.39, 0.29) is 18.9 Å². The molecule has 3 rings (SSSR count). The minimum Gasteiger partial charge on any atom is -0.445 e. The first kappa shape index (κ1) is 18.7. The van der Waals surface area contributed by atoms with Gasteiger partial charge < -0.3 is 9.47 Å². The van der Waals surface area contributed by atoms with Crippen LogP contribution in [0.15, 0.2) is 72.5 Å². The summed E-state index contributed by atoms with van der Waals surface area (Å²) < 4.78 is 10.4. The molecule has 1 aliphatic rings. The molecule has 1 fully saturated rings. The lowest BCUT2D eigenvalue weighted by Crippen LogP contribution is -2.29. The number of amides is 1. The van der Waals surface area contributed by atoms with E-state index in [9.17, 15) is 9.59 Å². The SMILES string of the molecule is CC1(C)OC(=O)/C(=C\C(=O)N(Cc2ccccc2)OCc2ccccc2)O1. The number of ether oxygens (including phenoxy) is 2. The Balaban J connectivity index is 1.76. The van der Waals surface area contributed by atoms with E-state index >= 15 is 0 Å². The smallest absolute Gasteiger partial charge is 0.377 e. The number of benzene rings is 2. The minimum atomic E-state index is -1.08. The first-order valence-corrected chi connectivity index (χ1v) is 8.59. The van der Waals surface area contributed by atoms with Crippen molar-refractivity contribution in [3.63, 3.8) is 0 Å². The van der Waals surface area contributed by atoms with Gasteiger partial charge in [0.05, 0.1) is 12.6 Å². The zero-order chi connectivity index (χ0) is 19.3. The van der Waals surface area contributed by atoms with E-state index < -0.39 is 17.7 Å². The van der Waals surface area contributed by atoms with E-state index in [2.05, 4.69) is 0 Å². The summed E-state index contributed by atoms with van der Waals surface area (Å²) in [5, 5.41) is 1.21. The van der Waals surface area contributed by atoms with Gasteiger partial charge in [0.15, 0.2) is 0 Å². The van der Waals surface area contributed by atoms with Gasteiger partial charge >= 0.3 is 5.97 Å². The first-order chi connectivity index (χ1) is 12.9. The molecule has 1 heterocycles. The molecular weight excluding hydrogens is 346 g/mol. The molecule has 1 aliphatic heterocycles. The van der Waals surface area contributed by atoms with Crippen molar-refractivity contribution in [2.45, 2.75) is 32.8 Å². The zero-order valence-electron chi connectivity index (χ0n) is 15.3. The van der Waals surface area contributed by atoms with Gasteiger partial charge in [-0.3, -0.25) is 9.63 Å². The van der Waals surface area contributed by atoms with Crippen LogP contribution < -0.4 is 0 Å². The molecule has 0 aromatic heterocycles. The summed E-state index contributed by atoms with van der Waals surface area (Å²) in [7, 11) is 0. The van der Waals surface area contributed by atoms with Crippen molar-refractivity contribution in [2.75, 3.05) is 0 Å². The monoisotopic (exact) mass is 367 g/mol. The van der Waals surface area contributed by atoms with Gasteiger partial charge in [-0.25, -0.2) is 9.86 Å². The maximum absolute atomic E-state index is 12.7. The number of esters is 1. The molecule has 0 radical (unpaired) electrons. The fourth-order valence-corrected chi connectivity index (χ4v) is 2.54. The summed E-state index contributed by atoms with van der Waals surface area (Å²) in [6.45, 7) is 3.65. The van der Waals surface area contributed by atoms with Gasteiger partial charge in [-0.15, -0.1) is 0 Å². The highest BCUT2D eigenvalue weighted by atomic mass is 16.8. The quantitative estimate of drug-likeness (QED) is 0.445. The standard InChI is InChI=1S/C21H21NO5/c1-21(2)26-18(20(24)27-21)13-19(23)22(14-16-9-5-3-6-10-16)25-15-17-11-7-4-8-12-17/h3-13H,14-15H2,1-2H3/b18-13+. The lowest BCUT2D eigenvalue weighted by Gasteiger charge is -2.21. The number of rotatable bonds is 6. The number of nitrogens with zero attached hydrogens (tertiary/aromatic N) is 1. The van der Waals surface area contributed by atoms with Crippen molar-refractivity contribution >= 4 is 11.9 Å². The molecule has 0 atom stereocenters. The van der Waals surface area contributed by atoms with Crippen LogP contribution in [0.4, 0.5) is 0 Å². The number of carbonyl (C=O) groups excluding carboxylic acids is 2. The van der Waals surface area contributed by atoms with E-state index in [0.717, 1.165) is 17.2 Å². The molecule has 0 bridgehead atoms. The highest BCUT2D eigenvalue weighted by Crippen LogP contribution is 2.26. The molecule has 0 spiro atoms. The Kier molecular flexibility index (Phi) is 5.57. The summed E-state index contributed by atoms with van der Waals surface area (Å²) in [5.41, 5.74) is 1.82. The van der Waals surface area contributed by atoms with Crippen molar-refractivity contribution in [1.29, 1.82) is 0 Å². The van der Waals surface area contributed by atoms with Crippen molar-refractivity contribution in [1.82, 2.24) is 5.06 Å². The average molecular weight is 367 g/mol. The number of hydroxylamine groups is 2. The van der Waals surface area contributed by atoms with Crippen LogP contribution in [-0.4, -0.2) is 22.7 Å². The molecule has 140 valence electrons. The molecule has 27 heavy (non-hydrogen) atoms. The summed E-state index contributed by atoms with van der Waals surface area (Å²) in [5.74, 6) is -2.39. The summed E-state index contributed by atoms with van der Waals surface area (Å²) in [4.78, 5) is 30.3.